The van der Waals surface area contributed by atoms with Crippen molar-refractivity contribution in [3.05, 3.63) is 48.6 Å². The first kappa shape index (κ1) is 64.0. The molecule has 19 heteroatoms. The first-order valence-corrected chi connectivity index (χ1v) is 26.9. The Bertz CT molecular complexity index is 1520. The van der Waals surface area contributed by atoms with Crippen LogP contribution < -0.4 is 5.32 Å². The van der Waals surface area contributed by atoms with E-state index in [1.165, 1.54) is 51.4 Å². The summed E-state index contributed by atoms with van der Waals surface area (Å²) in [5, 5.41) is 120. The van der Waals surface area contributed by atoms with Crippen LogP contribution in [0.2, 0.25) is 0 Å². The first-order valence-electron chi connectivity index (χ1n) is 26.9. The molecule has 0 bridgehead atoms. The summed E-state index contributed by atoms with van der Waals surface area (Å²) in [5.74, 6) is -0.305. The molecule has 0 radical (unpaired) electrons. The molecule has 17 unspecified atom stereocenters. The Balaban J connectivity index is 1.57. The second kappa shape index (κ2) is 37.5. The summed E-state index contributed by atoms with van der Waals surface area (Å²) in [4.78, 5) is 13.2. The summed E-state index contributed by atoms with van der Waals surface area (Å²) in [6, 6.07) is -0.998. The van der Waals surface area contributed by atoms with Crippen LogP contribution in [0.4, 0.5) is 0 Å². The van der Waals surface area contributed by atoms with E-state index in [0.29, 0.717) is 12.8 Å². The van der Waals surface area contributed by atoms with Gasteiger partial charge in [0.25, 0.3) is 0 Å². The zero-order valence-corrected chi connectivity index (χ0v) is 42.9. The summed E-state index contributed by atoms with van der Waals surface area (Å²) >= 11 is 0. The molecule has 0 spiro atoms. The fourth-order valence-electron chi connectivity index (χ4n) is 8.79. The largest absolute Gasteiger partial charge is 0.394 e. The molecule has 3 aliphatic heterocycles. The van der Waals surface area contributed by atoms with Crippen molar-refractivity contribution in [3.8, 4) is 0 Å². The molecule has 3 aliphatic rings. The second-order valence-electron chi connectivity index (χ2n) is 19.3. The number of amides is 1. The molecule has 0 aromatic heterocycles. The third-order valence-corrected chi connectivity index (χ3v) is 13.3. The minimum atomic E-state index is -1.98. The van der Waals surface area contributed by atoms with Crippen LogP contribution in [0.3, 0.4) is 0 Å². The molecule has 0 saturated carbocycles. The SMILES string of the molecule is CCCC/C=C\CCCCCCCC(=O)NC(COC1OC(CO)C(OC2OC(CO)C(OC3OC(CO)C(O)C(O)C3O)C(O)C2O)C(O)C1O)C(O)/C=C/CC/C=C/CC/C=C/CCCCCCCC. The number of hydrogen-bond donors (Lipinski definition) is 12. The van der Waals surface area contributed by atoms with Crippen LogP contribution in [0.15, 0.2) is 48.6 Å². The van der Waals surface area contributed by atoms with Gasteiger partial charge < -0.3 is 89.9 Å². The van der Waals surface area contributed by atoms with E-state index in [1.807, 2.05) is 6.08 Å². The van der Waals surface area contributed by atoms with Gasteiger partial charge in [0.05, 0.1) is 38.6 Å². The Morgan fingerprint density at radius 3 is 1.43 bits per heavy atom. The highest BCUT2D eigenvalue weighted by molar-refractivity contribution is 5.76. The molecule has 3 saturated heterocycles. The number of carbonyl (C=O) groups is 1. The van der Waals surface area contributed by atoms with Gasteiger partial charge in [0.15, 0.2) is 18.9 Å². The molecule has 17 atom stereocenters. The van der Waals surface area contributed by atoms with Crippen LogP contribution in [0.25, 0.3) is 0 Å². The van der Waals surface area contributed by atoms with Crippen molar-refractivity contribution >= 4 is 5.91 Å². The van der Waals surface area contributed by atoms with Crippen LogP contribution in [-0.2, 0) is 33.2 Å². The van der Waals surface area contributed by atoms with Gasteiger partial charge in [-0.15, -0.1) is 0 Å². The highest BCUT2D eigenvalue weighted by Gasteiger charge is 2.53. The van der Waals surface area contributed by atoms with Gasteiger partial charge >= 0.3 is 0 Å². The fourth-order valence-corrected chi connectivity index (χ4v) is 8.79. The third kappa shape index (κ3) is 22.5. The van der Waals surface area contributed by atoms with Crippen LogP contribution in [-0.4, -0.2) is 193 Å². The van der Waals surface area contributed by atoms with Gasteiger partial charge in [-0.1, -0.05) is 127 Å². The smallest absolute Gasteiger partial charge is 0.220 e. The van der Waals surface area contributed by atoms with Gasteiger partial charge in [0, 0.05) is 6.42 Å². The van der Waals surface area contributed by atoms with E-state index < -0.39 is 124 Å². The number of hydrogen-bond acceptors (Lipinski definition) is 18. The van der Waals surface area contributed by atoms with Gasteiger partial charge in [-0.2, -0.15) is 0 Å². The molecule has 418 valence electrons. The van der Waals surface area contributed by atoms with E-state index in [2.05, 4.69) is 55.6 Å². The van der Waals surface area contributed by atoms with Crippen molar-refractivity contribution < 1.29 is 89.4 Å². The first-order chi connectivity index (χ1) is 34.8. The topological polar surface area (TPSA) is 307 Å². The van der Waals surface area contributed by atoms with Gasteiger partial charge in [-0.3, -0.25) is 4.79 Å². The number of aliphatic hydroxyl groups excluding tert-OH is 11. The molecule has 3 rings (SSSR count). The summed E-state index contributed by atoms with van der Waals surface area (Å²) in [7, 11) is 0. The van der Waals surface area contributed by atoms with Gasteiger partial charge in [0.1, 0.15) is 73.2 Å². The Morgan fingerprint density at radius 1 is 0.486 bits per heavy atom. The van der Waals surface area contributed by atoms with Gasteiger partial charge in [-0.05, 0) is 64.2 Å². The summed E-state index contributed by atoms with van der Waals surface area (Å²) in [6.07, 6.45) is 11.2. The van der Waals surface area contributed by atoms with Crippen molar-refractivity contribution in [1.29, 1.82) is 0 Å². The lowest BCUT2D eigenvalue weighted by Gasteiger charge is -2.48. The Labute approximate surface area is 427 Å². The zero-order chi connectivity index (χ0) is 52.7. The Morgan fingerprint density at radius 2 is 0.903 bits per heavy atom. The highest BCUT2D eigenvalue weighted by Crippen LogP contribution is 2.33. The molecule has 19 nitrogen and oxygen atoms in total. The number of ether oxygens (including phenoxy) is 6. The van der Waals surface area contributed by atoms with Crippen molar-refractivity contribution in [2.45, 2.75) is 253 Å². The van der Waals surface area contributed by atoms with E-state index >= 15 is 0 Å². The summed E-state index contributed by atoms with van der Waals surface area (Å²) < 4.78 is 34.1. The maximum Gasteiger partial charge on any atom is 0.220 e. The molecule has 72 heavy (non-hydrogen) atoms. The van der Waals surface area contributed by atoms with E-state index in [4.69, 9.17) is 28.4 Å². The molecular weight excluding hydrogens is 939 g/mol. The summed E-state index contributed by atoms with van der Waals surface area (Å²) in [5.41, 5.74) is 0. The van der Waals surface area contributed by atoms with Crippen molar-refractivity contribution in [2.24, 2.45) is 0 Å². The van der Waals surface area contributed by atoms with Crippen molar-refractivity contribution in [2.75, 3.05) is 26.4 Å². The fraction of sp³-hybridized carbons (Fsp3) is 0.830. The number of unbranched alkanes of at least 4 members (excludes halogenated alkanes) is 15. The predicted octanol–water partition coefficient (Wildman–Crippen LogP) is 2.75. The van der Waals surface area contributed by atoms with Gasteiger partial charge in [-0.25, -0.2) is 0 Å². The average molecular weight is 1030 g/mol. The molecular formula is C53H93NO18. The van der Waals surface area contributed by atoms with Gasteiger partial charge in [0.2, 0.25) is 5.91 Å². The average Bonchev–Trinajstić information content (AvgIpc) is 3.37. The maximum atomic E-state index is 13.2. The standard InChI is InChI=1S/C53H93NO18/c1-3-5-7-9-11-13-15-16-17-18-19-21-22-24-26-28-30-37(58)36(54-41(59)31-29-27-25-23-20-14-12-10-8-6-4-2)35-67-51-47(65)44(62)49(39(33-56)69-51)72-53-48(66)45(63)50(40(34-57)70-53)71-52-46(64)43(61)42(60)38(32-55)68-52/h10,12,16-17,21-22,28,30,36-40,42-53,55-58,60-66H,3-9,11,13-15,18-20,23-27,29,31-35H2,1-2H3,(H,54,59)/b12-10-,17-16+,22-21+,30-28+. The van der Waals surface area contributed by atoms with E-state index in [9.17, 15) is 61.0 Å². The number of allylic oxidation sites excluding steroid dienone is 7. The van der Waals surface area contributed by atoms with E-state index in [1.54, 1.807) is 6.08 Å². The lowest BCUT2D eigenvalue weighted by Crippen LogP contribution is -2.66. The monoisotopic (exact) mass is 1030 g/mol. The lowest BCUT2D eigenvalue weighted by atomic mass is 9.96. The minimum absolute atomic E-state index is 0.220. The predicted molar refractivity (Wildman–Crippen MR) is 268 cm³/mol. The van der Waals surface area contributed by atoms with Crippen LogP contribution in [0, 0.1) is 0 Å². The Kier molecular flexibility index (Phi) is 33.3. The lowest BCUT2D eigenvalue weighted by molar-refractivity contribution is -0.379. The van der Waals surface area contributed by atoms with E-state index in [0.717, 1.165) is 64.2 Å². The van der Waals surface area contributed by atoms with Crippen LogP contribution in [0.5, 0.6) is 0 Å². The third-order valence-electron chi connectivity index (χ3n) is 13.3. The molecule has 0 aromatic rings. The maximum absolute atomic E-state index is 13.2. The molecule has 0 aliphatic carbocycles. The van der Waals surface area contributed by atoms with Crippen molar-refractivity contribution in [3.63, 3.8) is 0 Å². The molecule has 3 fully saturated rings. The molecule has 3 heterocycles. The molecule has 12 N–H and O–H groups in total. The number of carbonyl (C=O) groups excluding carboxylic acids is 1. The normalized spacial score (nSPS) is 32.4. The van der Waals surface area contributed by atoms with E-state index in [-0.39, 0.29) is 18.9 Å². The van der Waals surface area contributed by atoms with Crippen LogP contribution >= 0.6 is 0 Å². The summed E-state index contributed by atoms with van der Waals surface area (Å²) in [6.45, 7) is 1.59. The quantitative estimate of drug-likeness (QED) is 0.0315. The number of aliphatic hydroxyl groups is 11. The molecule has 1 amide bonds. The Hall–Kier alpha value is -2.25. The molecule has 0 aromatic carbocycles. The number of nitrogens with one attached hydrogen (secondary N) is 1. The number of rotatable bonds is 37. The second-order valence-corrected chi connectivity index (χ2v) is 19.3. The zero-order valence-electron chi connectivity index (χ0n) is 42.9. The van der Waals surface area contributed by atoms with Crippen LogP contribution in [0.1, 0.15) is 149 Å². The van der Waals surface area contributed by atoms with Crippen molar-refractivity contribution in [1.82, 2.24) is 5.32 Å². The minimum Gasteiger partial charge on any atom is -0.394 e. The highest BCUT2D eigenvalue weighted by atomic mass is 16.8.